The molecule has 5 nitrogen and oxygen atoms in total. The number of H-pyrrole nitrogens is 1. The Morgan fingerprint density at radius 3 is 2.60 bits per heavy atom. The summed E-state index contributed by atoms with van der Waals surface area (Å²) in [5.74, 6) is -2.55. The number of halogens is 4. The fraction of sp³-hybridized carbons (Fsp3) is 0.286. The molecule has 0 aliphatic heterocycles. The third kappa shape index (κ3) is 3.09. The van der Waals surface area contributed by atoms with Crippen molar-refractivity contribution in [3.8, 4) is 5.75 Å². The maximum absolute atomic E-state index is 14.0. The zero-order valence-corrected chi connectivity index (χ0v) is 15.7. The average molecular weight is 422 g/mol. The molecule has 0 radical (unpaired) electrons. The Balaban J connectivity index is 1.92. The number of alkyl halides is 3. The van der Waals surface area contributed by atoms with Gasteiger partial charge in [0.25, 0.3) is 0 Å². The molecule has 1 aromatic heterocycles. The standard InChI is InChI=1S/C21H18F4N2O3/c1-10-9-20(30,21(23,24)25)19(13-8-17(28)14(22)7-12(10)13)27-16-4-2-3-15-11(16)5-6-18(29)26-15/h2-8,10,19,27-28,30H,9H2,1H3,(H,26,29)/t10-,19-,20+/m0/s1. The summed E-state index contributed by atoms with van der Waals surface area (Å²) in [5, 5.41) is 23.8. The van der Waals surface area contributed by atoms with E-state index in [1.165, 1.54) is 25.1 Å². The third-order valence-corrected chi connectivity index (χ3v) is 5.65. The Bertz CT molecular complexity index is 1190. The zero-order chi connectivity index (χ0) is 21.8. The Kier molecular flexibility index (Phi) is 4.54. The molecule has 9 heteroatoms. The molecular weight excluding hydrogens is 404 g/mol. The van der Waals surface area contributed by atoms with Crippen molar-refractivity contribution in [2.45, 2.75) is 37.1 Å². The first-order valence-corrected chi connectivity index (χ1v) is 9.21. The molecule has 0 unspecified atom stereocenters. The number of aromatic amines is 1. The molecule has 0 amide bonds. The number of fused-ring (bicyclic) bond motifs is 2. The van der Waals surface area contributed by atoms with Crippen LogP contribution in [-0.4, -0.2) is 27.0 Å². The number of aromatic hydroxyl groups is 1. The van der Waals surface area contributed by atoms with Gasteiger partial charge in [-0.3, -0.25) is 4.79 Å². The van der Waals surface area contributed by atoms with E-state index in [9.17, 15) is 32.6 Å². The van der Waals surface area contributed by atoms with Gasteiger partial charge in [0.15, 0.2) is 17.2 Å². The van der Waals surface area contributed by atoms with E-state index in [1.54, 1.807) is 12.1 Å². The minimum atomic E-state index is -5.00. The number of nitrogens with one attached hydrogen (secondary N) is 2. The molecule has 0 bridgehead atoms. The van der Waals surface area contributed by atoms with Crippen LogP contribution in [0.3, 0.4) is 0 Å². The summed E-state index contributed by atoms with van der Waals surface area (Å²) in [6, 6.07) is 7.55. The Hall–Kier alpha value is -3.07. The fourth-order valence-electron chi connectivity index (χ4n) is 4.17. The van der Waals surface area contributed by atoms with Crippen LogP contribution in [0.2, 0.25) is 0 Å². The van der Waals surface area contributed by atoms with E-state index in [0.717, 1.165) is 12.1 Å². The number of rotatable bonds is 2. The van der Waals surface area contributed by atoms with Gasteiger partial charge >= 0.3 is 6.18 Å². The van der Waals surface area contributed by atoms with Gasteiger partial charge in [-0.2, -0.15) is 13.2 Å². The summed E-state index contributed by atoms with van der Waals surface area (Å²) >= 11 is 0. The molecular formula is C21H18F4N2O3. The Morgan fingerprint density at radius 1 is 1.17 bits per heavy atom. The van der Waals surface area contributed by atoms with Gasteiger partial charge in [0, 0.05) is 17.1 Å². The number of anilines is 1. The zero-order valence-electron chi connectivity index (χ0n) is 15.7. The van der Waals surface area contributed by atoms with Crippen molar-refractivity contribution in [1.29, 1.82) is 0 Å². The molecule has 0 spiro atoms. The summed E-state index contributed by atoms with van der Waals surface area (Å²) < 4.78 is 56.0. The van der Waals surface area contributed by atoms with E-state index in [0.29, 0.717) is 10.9 Å². The van der Waals surface area contributed by atoms with E-state index in [4.69, 9.17) is 0 Å². The van der Waals surface area contributed by atoms with Crippen LogP contribution in [0.15, 0.2) is 47.3 Å². The summed E-state index contributed by atoms with van der Waals surface area (Å²) in [5.41, 5.74) is -2.69. The number of phenolic OH excluding ortho intramolecular Hbond substituents is 1. The van der Waals surface area contributed by atoms with Crippen LogP contribution in [0.1, 0.15) is 36.4 Å². The van der Waals surface area contributed by atoms with Crippen molar-refractivity contribution in [1.82, 2.24) is 4.98 Å². The van der Waals surface area contributed by atoms with Crippen LogP contribution in [0.5, 0.6) is 5.75 Å². The van der Waals surface area contributed by atoms with E-state index in [-0.39, 0.29) is 22.4 Å². The molecule has 4 N–H and O–H groups in total. The quantitative estimate of drug-likeness (QED) is 0.463. The molecule has 2 aromatic carbocycles. The highest BCUT2D eigenvalue weighted by Crippen LogP contribution is 2.53. The second-order valence-electron chi connectivity index (χ2n) is 7.63. The van der Waals surface area contributed by atoms with E-state index >= 15 is 0 Å². The molecule has 0 fully saturated rings. The Morgan fingerprint density at radius 2 is 1.90 bits per heavy atom. The molecule has 0 saturated heterocycles. The Labute approximate surface area is 168 Å². The minimum Gasteiger partial charge on any atom is -0.505 e. The number of hydrogen-bond acceptors (Lipinski definition) is 4. The molecule has 1 aliphatic rings. The predicted octanol–water partition coefficient (Wildman–Crippen LogP) is 4.33. The number of hydrogen-bond donors (Lipinski definition) is 4. The maximum Gasteiger partial charge on any atom is 0.419 e. The molecule has 3 aromatic rings. The highest BCUT2D eigenvalue weighted by Gasteiger charge is 2.62. The van der Waals surface area contributed by atoms with E-state index < -0.39 is 41.7 Å². The highest BCUT2D eigenvalue weighted by molar-refractivity contribution is 5.91. The first kappa shape index (κ1) is 20.2. The van der Waals surface area contributed by atoms with Crippen LogP contribution in [0.25, 0.3) is 10.9 Å². The summed E-state index contributed by atoms with van der Waals surface area (Å²) in [7, 11) is 0. The number of phenols is 1. The van der Waals surface area contributed by atoms with Crippen LogP contribution in [-0.2, 0) is 0 Å². The largest absolute Gasteiger partial charge is 0.505 e. The van der Waals surface area contributed by atoms with Crippen molar-refractivity contribution in [2.24, 2.45) is 0 Å². The molecule has 0 saturated carbocycles. The average Bonchev–Trinajstić information content (AvgIpc) is 2.65. The predicted molar refractivity (Wildman–Crippen MR) is 103 cm³/mol. The highest BCUT2D eigenvalue weighted by atomic mass is 19.4. The SMILES string of the molecule is C[C@H]1C[C@](O)(C(F)(F)F)[C@@H](Nc2cccc3[nH]c(=O)ccc23)c2cc(O)c(F)cc21. The molecule has 4 rings (SSSR count). The molecule has 1 aliphatic carbocycles. The second kappa shape index (κ2) is 6.73. The van der Waals surface area contributed by atoms with Gasteiger partial charge < -0.3 is 20.5 Å². The van der Waals surface area contributed by atoms with Crippen molar-refractivity contribution in [3.63, 3.8) is 0 Å². The summed E-state index contributed by atoms with van der Waals surface area (Å²) in [4.78, 5) is 14.2. The van der Waals surface area contributed by atoms with Crippen molar-refractivity contribution < 1.29 is 27.8 Å². The van der Waals surface area contributed by atoms with Gasteiger partial charge in [-0.25, -0.2) is 4.39 Å². The monoisotopic (exact) mass is 422 g/mol. The lowest BCUT2D eigenvalue weighted by molar-refractivity contribution is -0.272. The summed E-state index contributed by atoms with van der Waals surface area (Å²) in [6.45, 7) is 1.46. The van der Waals surface area contributed by atoms with Crippen LogP contribution >= 0.6 is 0 Å². The molecule has 3 atom stereocenters. The van der Waals surface area contributed by atoms with Crippen molar-refractivity contribution >= 4 is 16.6 Å². The van der Waals surface area contributed by atoms with Crippen LogP contribution in [0.4, 0.5) is 23.2 Å². The molecule has 158 valence electrons. The normalized spacial score (nSPS) is 23.9. The van der Waals surface area contributed by atoms with Crippen molar-refractivity contribution in [3.05, 3.63) is 69.8 Å². The number of benzene rings is 2. The second-order valence-corrected chi connectivity index (χ2v) is 7.63. The van der Waals surface area contributed by atoms with E-state index in [2.05, 4.69) is 10.3 Å². The molecule has 30 heavy (non-hydrogen) atoms. The van der Waals surface area contributed by atoms with Gasteiger partial charge in [0.1, 0.15) is 0 Å². The number of aromatic nitrogens is 1. The first-order chi connectivity index (χ1) is 14.0. The van der Waals surface area contributed by atoms with Gasteiger partial charge in [0.2, 0.25) is 5.56 Å². The van der Waals surface area contributed by atoms with Gasteiger partial charge in [-0.15, -0.1) is 0 Å². The van der Waals surface area contributed by atoms with Gasteiger partial charge in [-0.1, -0.05) is 13.0 Å². The number of pyridine rings is 1. The fourth-order valence-corrected chi connectivity index (χ4v) is 4.17. The summed E-state index contributed by atoms with van der Waals surface area (Å²) in [6.07, 6.45) is -5.69. The first-order valence-electron chi connectivity index (χ1n) is 9.21. The lowest BCUT2D eigenvalue weighted by atomic mass is 9.70. The lowest BCUT2D eigenvalue weighted by Crippen LogP contribution is -2.55. The maximum atomic E-state index is 14.0. The number of aliphatic hydroxyl groups is 1. The lowest BCUT2D eigenvalue weighted by Gasteiger charge is -2.45. The third-order valence-electron chi connectivity index (χ3n) is 5.65. The smallest absolute Gasteiger partial charge is 0.419 e. The van der Waals surface area contributed by atoms with Crippen molar-refractivity contribution in [2.75, 3.05) is 5.32 Å². The van der Waals surface area contributed by atoms with Crippen LogP contribution in [0, 0.1) is 5.82 Å². The topological polar surface area (TPSA) is 85.4 Å². The molecule has 1 heterocycles. The van der Waals surface area contributed by atoms with Crippen LogP contribution < -0.4 is 10.9 Å². The van der Waals surface area contributed by atoms with Gasteiger partial charge in [-0.05, 0) is 53.8 Å². The van der Waals surface area contributed by atoms with E-state index in [1.807, 2.05) is 0 Å². The minimum absolute atomic E-state index is 0.0473. The van der Waals surface area contributed by atoms with Gasteiger partial charge in [0.05, 0.1) is 11.6 Å².